The Morgan fingerprint density at radius 2 is 2.31 bits per heavy atom. The van der Waals surface area contributed by atoms with E-state index in [0.29, 0.717) is 0 Å². The van der Waals surface area contributed by atoms with Gasteiger partial charge >= 0.3 is 0 Å². The normalized spacial score (nSPS) is 12.7. The van der Waals surface area contributed by atoms with E-state index in [9.17, 15) is 0 Å². The third-order valence-electron chi connectivity index (χ3n) is 2.16. The number of hydrogen-bond donors (Lipinski definition) is 1. The van der Waals surface area contributed by atoms with Crippen LogP contribution in [0.15, 0.2) is 6.20 Å². The third-order valence-corrected chi connectivity index (χ3v) is 4.22. The van der Waals surface area contributed by atoms with Crippen LogP contribution in [0.4, 0.5) is 5.13 Å². The smallest absolute Gasteiger partial charge is 0.203 e. The predicted molar refractivity (Wildman–Crippen MR) is 68.2 cm³/mol. The fourth-order valence-electron chi connectivity index (χ4n) is 1.29. The molecule has 2 aromatic rings. The molecule has 0 saturated heterocycles. The lowest BCUT2D eigenvalue weighted by molar-refractivity contribution is 0.865. The molecule has 0 amide bonds. The van der Waals surface area contributed by atoms with E-state index >= 15 is 0 Å². The van der Waals surface area contributed by atoms with E-state index in [2.05, 4.69) is 33.5 Å². The Labute approximate surface area is 103 Å². The molecule has 86 valence electrons. The summed E-state index contributed by atoms with van der Waals surface area (Å²) < 4.78 is 4.14. The maximum atomic E-state index is 4.40. The third kappa shape index (κ3) is 2.56. The van der Waals surface area contributed by atoms with E-state index in [4.69, 9.17) is 0 Å². The summed E-state index contributed by atoms with van der Waals surface area (Å²) in [5.74, 6) is 0.813. The van der Waals surface area contributed by atoms with Crippen LogP contribution in [0.25, 0.3) is 0 Å². The molecule has 0 fully saturated rings. The minimum Gasteiger partial charge on any atom is -0.351 e. The standard InChI is InChI=1S/C10H14N4S2/c1-4-8-5-11-9(15-8)6(2)12-10-13-7(3)14-16-10/h5-6H,4H2,1-3H3,(H,12,13,14). The van der Waals surface area contributed by atoms with Crippen LogP contribution in [0, 0.1) is 6.92 Å². The monoisotopic (exact) mass is 254 g/mol. The van der Waals surface area contributed by atoms with Crippen LogP contribution < -0.4 is 5.32 Å². The topological polar surface area (TPSA) is 50.7 Å². The van der Waals surface area contributed by atoms with Crippen LogP contribution >= 0.6 is 22.9 Å². The van der Waals surface area contributed by atoms with Crippen molar-refractivity contribution in [3.05, 3.63) is 21.9 Å². The first kappa shape index (κ1) is 11.5. The molecular weight excluding hydrogens is 240 g/mol. The van der Waals surface area contributed by atoms with Gasteiger partial charge < -0.3 is 5.32 Å². The highest BCUT2D eigenvalue weighted by Crippen LogP contribution is 2.24. The fourth-order valence-corrected chi connectivity index (χ4v) is 2.81. The molecule has 4 nitrogen and oxygen atoms in total. The Balaban J connectivity index is 2.05. The highest BCUT2D eigenvalue weighted by molar-refractivity contribution is 7.11. The lowest BCUT2D eigenvalue weighted by Gasteiger charge is -2.08. The quantitative estimate of drug-likeness (QED) is 0.911. The maximum absolute atomic E-state index is 4.40. The first-order valence-corrected chi connectivity index (χ1v) is 6.79. The van der Waals surface area contributed by atoms with Crippen LogP contribution in [-0.4, -0.2) is 14.3 Å². The number of aryl methyl sites for hydroxylation is 2. The molecule has 0 aliphatic rings. The molecule has 0 bridgehead atoms. The van der Waals surface area contributed by atoms with Gasteiger partial charge in [-0.05, 0) is 20.3 Å². The summed E-state index contributed by atoms with van der Waals surface area (Å²) in [6.07, 6.45) is 2.99. The highest BCUT2D eigenvalue weighted by Gasteiger charge is 2.11. The Morgan fingerprint density at radius 1 is 1.50 bits per heavy atom. The Bertz CT molecular complexity index is 463. The molecule has 1 N–H and O–H groups in total. The second-order valence-electron chi connectivity index (χ2n) is 3.53. The van der Waals surface area contributed by atoms with Crippen molar-refractivity contribution < 1.29 is 0 Å². The van der Waals surface area contributed by atoms with Crippen molar-refractivity contribution in [2.75, 3.05) is 5.32 Å². The van der Waals surface area contributed by atoms with Gasteiger partial charge in [0.2, 0.25) is 5.13 Å². The molecule has 0 spiro atoms. The van der Waals surface area contributed by atoms with Gasteiger partial charge in [-0.25, -0.2) is 9.97 Å². The van der Waals surface area contributed by atoms with Gasteiger partial charge in [-0.2, -0.15) is 4.37 Å². The summed E-state index contributed by atoms with van der Waals surface area (Å²) in [6.45, 7) is 6.13. The largest absolute Gasteiger partial charge is 0.351 e. The number of nitrogens with one attached hydrogen (secondary N) is 1. The molecule has 0 aliphatic carbocycles. The van der Waals surface area contributed by atoms with Gasteiger partial charge in [0.15, 0.2) is 0 Å². The molecule has 0 saturated carbocycles. The Morgan fingerprint density at radius 3 is 2.88 bits per heavy atom. The summed E-state index contributed by atoms with van der Waals surface area (Å²) in [4.78, 5) is 10.00. The van der Waals surface area contributed by atoms with Gasteiger partial charge in [-0.15, -0.1) is 11.3 Å². The van der Waals surface area contributed by atoms with E-state index in [1.165, 1.54) is 16.4 Å². The van der Waals surface area contributed by atoms with Crippen molar-refractivity contribution >= 4 is 28.0 Å². The van der Waals surface area contributed by atoms with Crippen LogP contribution in [0.1, 0.15) is 35.6 Å². The maximum Gasteiger partial charge on any atom is 0.203 e. The Kier molecular flexibility index (Phi) is 3.50. The minimum atomic E-state index is 0.192. The van der Waals surface area contributed by atoms with Gasteiger partial charge in [0.1, 0.15) is 10.8 Å². The van der Waals surface area contributed by atoms with Gasteiger partial charge in [0.05, 0.1) is 6.04 Å². The second kappa shape index (κ2) is 4.88. The number of hydrogen-bond acceptors (Lipinski definition) is 6. The molecule has 0 aliphatic heterocycles. The number of aromatic nitrogens is 3. The summed E-state index contributed by atoms with van der Waals surface area (Å²) in [7, 11) is 0. The van der Waals surface area contributed by atoms with Crippen molar-refractivity contribution in [1.29, 1.82) is 0 Å². The molecule has 0 radical (unpaired) electrons. The molecule has 2 aromatic heterocycles. The van der Waals surface area contributed by atoms with Crippen LogP contribution in [0.5, 0.6) is 0 Å². The van der Waals surface area contributed by atoms with Crippen LogP contribution in [0.3, 0.4) is 0 Å². The van der Waals surface area contributed by atoms with Crippen LogP contribution in [-0.2, 0) is 6.42 Å². The highest BCUT2D eigenvalue weighted by atomic mass is 32.1. The lowest BCUT2D eigenvalue weighted by atomic mass is 10.4. The number of rotatable bonds is 4. The average molecular weight is 254 g/mol. The summed E-state index contributed by atoms with van der Waals surface area (Å²) in [6, 6.07) is 0.192. The predicted octanol–water partition coefficient (Wildman–Crippen LogP) is 3.04. The van der Waals surface area contributed by atoms with Crippen LogP contribution in [0.2, 0.25) is 0 Å². The van der Waals surface area contributed by atoms with Crippen molar-refractivity contribution in [3.8, 4) is 0 Å². The summed E-state index contributed by atoms with van der Waals surface area (Å²) in [5.41, 5.74) is 0. The fraction of sp³-hybridized carbons (Fsp3) is 0.500. The van der Waals surface area contributed by atoms with Crippen molar-refractivity contribution in [3.63, 3.8) is 0 Å². The zero-order chi connectivity index (χ0) is 11.5. The van der Waals surface area contributed by atoms with Crippen molar-refractivity contribution in [2.24, 2.45) is 0 Å². The van der Waals surface area contributed by atoms with Gasteiger partial charge in [-0.3, -0.25) is 0 Å². The second-order valence-corrected chi connectivity index (χ2v) is 5.43. The first-order chi connectivity index (χ1) is 7.69. The van der Waals surface area contributed by atoms with Gasteiger partial charge in [0.25, 0.3) is 0 Å². The number of nitrogens with zero attached hydrogens (tertiary/aromatic N) is 3. The zero-order valence-corrected chi connectivity index (χ0v) is 11.2. The summed E-state index contributed by atoms with van der Waals surface area (Å²) in [5, 5.41) is 5.27. The average Bonchev–Trinajstić information content (AvgIpc) is 2.87. The SMILES string of the molecule is CCc1cnc(C(C)Nc2nc(C)ns2)s1. The van der Waals surface area contributed by atoms with Crippen molar-refractivity contribution in [1.82, 2.24) is 14.3 Å². The van der Waals surface area contributed by atoms with E-state index < -0.39 is 0 Å². The van der Waals surface area contributed by atoms with Gasteiger partial charge in [0, 0.05) is 22.6 Å². The molecule has 1 unspecified atom stereocenters. The minimum absolute atomic E-state index is 0.192. The van der Waals surface area contributed by atoms with Crippen molar-refractivity contribution in [2.45, 2.75) is 33.2 Å². The summed E-state index contributed by atoms with van der Waals surface area (Å²) >= 11 is 3.14. The molecule has 1 atom stereocenters. The Hall–Kier alpha value is -1.01. The van der Waals surface area contributed by atoms with E-state index in [1.807, 2.05) is 13.1 Å². The molecule has 0 aromatic carbocycles. The molecular formula is C10H14N4S2. The lowest BCUT2D eigenvalue weighted by Crippen LogP contribution is -2.05. The molecule has 2 rings (SSSR count). The number of thiazole rings is 1. The first-order valence-electron chi connectivity index (χ1n) is 5.20. The number of anilines is 1. The van der Waals surface area contributed by atoms with E-state index in [1.54, 1.807) is 11.3 Å². The molecule has 16 heavy (non-hydrogen) atoms. The molecule has 6 heteroatoms. The zero-order valence-electron chi connectivity index (χ0n) is 9.52. The molecule has 2 heterocycles. The van der Waals surface area contributed by atoms with E-state index in [0.717, 1.165) is 22.4 Å². The van der Waals surface area contributed by atoms with Gasteiger partial charge in [-0.1, -0.05) is 6.92 Å². The van der Waals surface area contributed by atoms with E-state index in [-0.39, 0.29) is 6.04 Å².